The fraction of sp³-hybridized carbons (Fsp3) is 0.765. The van der Waals surface area contributed by atoms with Gasteiger partial charge in [0.05, 0.1) is 11.8 Å². The minimum absolute atomic E-state index is 0.226. The second-order valence-electron chi connectivity index (χ2n) is 6.76. The molecule has 22 heavy (non-hydrogen) atoms. The van der Waals surface area contributed by atoms with Gasteiger partial charge in [0.15, 0.2) is 0 Å². The van der Waals surface area contributed by atoms with Gasteiger partial charge in [-0.1, -0.05) is 6.92 Å². The lowest BCUT2D eigenvalue weighted by molar-refractivity contribution is 0.107. The van der Waals surface area contributed by atoms with Crippen molar-refractivity contribution < 1.29 is 5.11 Å². The molecule has 0 bridgehead atoms. The number of hydrogen-bond acceptors (Lipinski definition) is 5. The van der Waals surface area contributed by atoms with Crippen LogP contribution in [-0.4, -0.2) is 69.7 Å². The minimum Gasteiger partial charge on any atom is -0.391 e. The third-order valence-corrected chi connectivity index (χ3v) is 5.14. The molecule has 2 fully saturated rings. The van der Waals surface area contributed by atoms with E-state index >= 15 is 0 Å². The molecule has 0 aromatic carbocycles. The average Bonchev–Trinajstić information content (AvgIpc) is 2.90. The highest BCUT2D eigenvalue weighted by molar-refractivity contribution is 5.00. The summed E-state index contributed by atoms with van der Waals surface area (Å²) in [6.07, 6.45) is 9.58. The van der Waals surface area contributed by atoms with Gasteiger partial charge in [0.25, 0.3) is 0 Å². The lowest BCUT2D eigenvalue weighted by atomic mass is 10.00. The van der Waals surface area contributed by atoms with E-state index in [2.05, 4.69) is 26.7 Å². The second-order valence-corrected chi connectivity index (χ2v) is 6.76. The number of β-amino-alcohol motifs (C(OH)–C–C–N with tert-alkyl or cyclic N) is 1. The summed E-state index contributed by atoms with van der Waals surface area (Å²) in [5.41, 5.74) is 0.992. The standard InChI is InChI=1S/C17H28N4O/c1-2-7-20-8-3-16(4-9-20)21-12-14(17(22)13-21)10-15-11-18-5-6-19-15/h5-6,11,14,16-17,22H,2-4,7-10,12-13H2,1H3. The van der Waals surface area contributed by atoms with Gasteiger partial charge in [-0.15, -0.1) is 0 Å². The Morgan fingerprint density at radius 1 is 1.23 bits per heavy atom. The largest absolute Gasteiger partial charge is 0.391 e. The second kappa shape index (κ2) is 7.49. The summed E-state index contributed by atoms with van der Waals surface area (Å²) in [5, 5.41) is 10.4. The topological polar surface area (TPSA) is 52.5 Å². The molecule has 0 saturated carbocycles. The SMILES string of the molecule is CCCN1CCC(N2CC(O)C(Cc3cnccn3)C2)CC1. The van der Waals surface area contributed by atoms with Crippen LogP contribution in [0.5, 0.6) is 0 Å². The molecule has 1 aromatic heterocycles. The molecule has 0 amide bonds. The lowest BCUT2D eigenvalue weighted by Crippen LogP contribution is -2.44. The van der Waals surface area contributed by atoms with Gasteiger partial charge >= 0.3 is 0 Å². The molecule has 122 valence electrons. The van der Waals surface area contributed by atoms with Crippen molar-refractivity contribution in [2.45, 2.75) is 44.8 Å². The smallest absolute Gasteiger partial charge is 0.0711 e. The Balaban J connectivity index is 1.51. The van der Waals surface area contributed by atoms with Gasteiger partial charge in [0, 0.05) is 43.6 Å². The predicted octanol–water partition coefficient (Wildman–Crippen LogP) is 1.19. The molecule has 2 aliphatic heterocycles. The summed E-state index contributed by atoms with van der Waals surface area (Å²) in [4.78, 5) is 13.5. The number of piperidine rings is 1. The van der Waals surface area contributed by atoms with Crippen LogP contribution in [0.15, 0.2) is 18.6 Å². The molecule has 2 saturated heterocycles. The van der Waals surface area contributed by atoms with Gasteiger partial charge in [-0.3, -0.25) is 14.9 Å². The Bertz CT molecular complexity index is 447. The molecule has 0 radical (unpaired) electrons. The monoisotopic (exact) mass is 304 g/mol. The number of aromatic nitrogens is 2. The molecular formula is C17H28N4O. The van der Waals surface area contributed by atoms with Crippen molar-refractivity contribution in [2.75, 3.05) is 32.7 Å². The van der Waals surface area contributed by atoms with Crippen molar-refractivity contribution in [3.8, 4) is 0 Å². The number of hydrogen-bond donors (Lipinski definition) is 1. The highest BCUT2D eigenvalue weighted by Crippen LogP contribution is 2.26. The van der Waals surface area contributed by atoms with E-state index < -0.39 is 0 Å². The summed E-state index contributed by atoms with van der Waals surface area (Å²) in [7, 11) is 0. The quantitative estimate of drug-likeness (QED) is 0.885. The third-order valence-electron chi connectivity index (χ3n) is 5.14. The summed E-state index contributed by atoms with van der Waals surface area (Å²) >= 11 is 0. The van der Waals surface area contributed by atoms with Crippen molar-refractivity contribution in [1.29, 1.82) is 0 Å². The summed E-state index contributed by atoms with van der Waals surface area (Å²) in [5.74, 6) is 0.297. The van der Waals surface area contributed by atoms with Gasteiger partial charge in [-0.2, -0.15) is 0 Å². The van der Waals surface area contributed by atoms with Crippen LogP contribution in [0.4, 0.5) is 0 Å². The number of likely N-dealkylation sites (tertiary alicyclic amines) is 2. The first-order valence-corrected chi connectivity index (χ1v) is 8.65. The maximum Gasteiger partial charge on any atom is 0.0711 e. The van der Waals surface area contributed by atoms with E-state index in [1.165, 1.54) is 38.9 Å². The van der Waals surface area contributed by atoms with Crippen LogP contribution < -0.4 is 0 Å². The molecule has 0 aliphatic carbocycles. The molecule has 1 aromatic rings. The van der Waals surface area contributed by atoms with Crippen molar-refractivity contribution in [3.05, 3.63) is 24.3 Å². The fourth-order valence-corrected chi connectivity index (χ4v) is 3.91. The lowest BCUT2D eigenvalue weighted by Gasteiger charge is -2.36. The maximum atomic E-state index is 10.4. The molecule has 3 rings (SSSR count). The van der Waals surface area contributed by atoms with Crippen LogP contribution in [0.1, 0.15) is 31.9 Å². The van der Waals surface area contributed by atoms with Gasteiger partial charge in [-0.25, -0.2) is 0 Å². The zero-order chi connectivity index (χ0) is 15.4. The minimum atomic E-state index is -0.226. The van der Waals surface area contributed by atoms with E-state index in [1.807, 2.05) is 6.20 Å². The number of nitrogens with zero attached hydrogens (tertiary/aromatic N) is 4. The first kappa shape index (κ1) is 15.8. The average molecular weight is 304 g/mol. The van der Waals surface area contributed by atoms with Gasteiger partial charge < -0.3 is 10.0 Å². The van der Waals surface area contributed by atoms with Crippen LogP contribution in [0.2, 0.25) is 0 Å². The van der Waals surface area contributed by atoms with Gasteiger partial charge in [-0.05, 0) is 45.3 Å². The predicted molar refractivity (Wildman–Crippen MR) is 86.6 cm³/mol. The highest BCUT2D eigenvalue weighted by Gasteiger charge is 2.36. The molecule has 1 N–H and O–H groups in total. The van der Waals surface area contributed by atoms with Crippen molar-refractivity contribution >= 4 is 0 Å². The van der Waals surface area contributed by atoms with E-state index in [4.69, 9.17) is 0 Å². The van der Waals surface area contributed by atoms with Crippen molar-refractivity contribution in [2.24, 2.45) is 5.92 Å². The van der Waals surface area contributed by atoms with Crippen LogP contribution in [0, 0.1) is 5.92 Å². The van der Waals surface area contributed by atoms with E-state index in [9.17, 15) is 5.11 Å². The molecule has 5 heteroatoms. The first-order chi connectivity index (χ1) is 10.8. The van der Waals surface area contributed by atoms with Gasteiger partial charge in [0.2, 0.25) is 0 Å². The molecule has 0 spiro atoms. The summed E-state index contributed by atoms with van der Waals surface area (Å²) in [6, 6.07) is 0.648. The van der Waals surface area contributed by atoms with Gasteiger partial charge in [0.1, 0.15) is 0 Å². The number of aliphatic hydroxyl groups is 1. The van der Waals surface area contributed by atoms with Crippen molar-refractivity contribution in [1.82, 2.24) is 19.8 Å². The molecule has 3 heterocycles. The zero-order valence-corrected chi connectivity index (χ0v) is 13.6. The molecule has 2 unspecified atom stereocenters. The number of rotatable bonds is 5. The van der Waals surface area contributed by atoms with Crippen LogP contribution >= 0.6 is 0 Å². The summed E-state index contributed by atoms with van der Waals surface area (Å²) in [6.45, 7) is 7.71. The van der Waals surface area contributed by atoms with E-state index in [1.54, 1.807) is 12.4 Å². The van der Waals surface area contributed by atoms with Crippen LogP contribution in [-0.2, 0) is 6.42 Å². The molecule has 5 nitrogen and oxygen atoms in total. The maximum absolute atomic E-state index is 10.4. The van der Waals surface area contributed by atoms with Crippen LogP contribution in [0.25, 0.3) is 0 Å². The Hall–Kier alpha value is -1.04. The first-order valence-electron chi connectivity index (χ1n) is 8.65. The summed E-state index contributed by atoms with van der Waals surface area (Å²) < 4.78 is 0. The molecule has 2 aliphatic rings. The van der Waals surface area contributed by atoms with Crippen LogP contribution in [0.3, 0.4) is 0 Å². The number of aliphatic hydroxyl groups excluding tert-OH is 1. The Morgan fingerprint density at radius 3 is 2.73 bits per heavy atom. The van der Waals surface area contributed by atoms with Crippen molar-refractivity contribution in [3.63, 3.8) is 0 Å². The Kier molecular flexibility index (Phi) is 5.39. The van der Waals surface area contributed by atoms with E-state index in [-0.39, 0.29) is 6.10 Å². The Morgan fingerprint density at radius 2 is 2.05 bits per heavy atom. The molecular weight excluding hydrogens is 276 g/mol. The van der Waals surface area contributed by atoms with E-state index in [0.717, 1.165) is 25.2 Å². The normalized spacial score (nSPS) is 28.3. The molecule has 2 atom stereocenters. The van der Waals surface area contributed by atoms with E-state index in [0.29, 0.717) is 12.0 Å². The zero-order valence-electron chi connectivity index (χ0n) is 13.6. The fourth-order valence-electron chi connectivity index (χ4n) is 3.91. The Labute approximate surface area is 133 Å². The third kappa shape index (κ3) is 3.83. The highest BCUT2D eigenvalue weighted by atomic mass is 16.3.